The lowest BCUT2D eigenvalue weighted by molar-refractivity contribution is 0.0847. The molecule has 0 bridgehead atoms. The number of hydrogen-bond donors (Lipinski definition) is 0. The maximum atomic E-state index is 13.4. The van der Waals surface area contributed by atoms with Crippen LogP contribution in [0.4, 0.5) is 0 Å². The Morgan fingerprint density at radius 2 is 1.61 bits per heavy atom. The molecular formula is C23H27NO4. The van der Waals surface area contributed by atoms with E-state index >= 15 is 0 Å². The predicted octanol–water partition coefficient (Wildman–Crippen LogP) is 3.80. The lowest BCUT2D eigenvalue weighted by Crippen LogP contribution is -2.41. The van der Waals surface area contributed by atoms with Crippen LogP contribution >= 0.6 is 0 Å². The van der Waals surface area contributed by atoms with Gasteiger partial charge in [0.1, 0.15) is 11.5 Å². The molecular weight excluding hydrogens is 354 g/mol. The molecule has 3 rings (SSSR count). The van der Waals surface area contributed by atoms with E-state index in [1.54, 1.807) is 27.2 Å². The Hall–Kier alpha value is -2.66. The molecule has 1 aliphatic heterocycles. The van der Waals surface area contributed by atoms with Crippen molar-refractivity contribution in [1.82, 2.24) is 4.90 Å². The molecule has 1 saturated heterocycles. The highest BCUT2D eigenvalue weighted by Gasteiger charge is 2.30. The van der Waals surface area contributed by atoms with Crippen LogP contribution in [-0.4, -0.2) is 49.8 Å². The summed E-state index contributed by atoms with van der Waals surface area (Å²) in [6.45, 7) is 3.36. The van der Waals surface area contributed by atoms with Gasteiger partial charge >= 0.3 is 0 Å². The van der Waals surface area contributed by atoms with Gasteiger partial charge in [0.25, 0.3) is 0 Å². The van der Waals surface area contributed by atoms with E-state index in [0.29, 0.717) is 23.3 Å². The number of carbonyl (C=O) groups is 2. The van der Waals surface area contributed by atoms with Gasteiger partial charge in [0, 0.05) is 11.1 Å². The summed E-state index contributed by atoms with van der Waals surface area (Å²) in [5.41, 5.74) is 2.18. The fourth-order valence-electron chi connectivity index (χ4n) is 3.75. The average molecular weight is 381 g/mol. The van der Waals surface area contributed by atoms with Gasteiger partial charge < -0.3 is 9.47 Å². The molecule has 0 amide bonds. The molecule has 5 heteroatoms. The van der Waals surface area contributed by atoms with Crippen LogP contribution in [0, 0.1) is 0 Å². The van der Waals surface area contributed by atoms with Crippen molar-refractivity contribution in [3.63, 3.8) is 0 Å². The summed E-state index contributed by atoms with van der Waals surface area (Å²) in [4.78, 5) is 27.4. The minimum atomic E-state index is -0.285. The Morgan fingerprint density at radius 3 is 2.18 bits per heavy atom. The zero-order valence-corrected chi connectivity index (χ0v) is 16.7. The first-order chi connectivity index (χ1) is 13.5. The van der Waals surface area contributed by atoms with Crippen LogP contribution < -0.4 is 9.47 Å². The zero-order chi connectivity index (χ0) is 20.1. The second kappa shape index (κ2) is 9.02. The van der Waals surface area contributed by atoms with Crippen molar-refractivity contribution in [3.8, 4) is 11.5 Å². The molecule has 1 atom stereocenters. The second-order valence-electron chi connectivity index (χ2n) is 7.14. The number of benzene rings is 2. The summed E-state index contributed by atoms with van der Waals surface area (Å²) in [5, 5.41) is 0. The highest BCUT2D eigenvalue weighted by Crippen LogP contribution is 2.26. The van der Waals surface area contributed by atoms with Crippen LogP contribution in [0.1, 0.15) is 46.0 Å². The molecule has 0 aliphatic carbocycles. The lowest BCUT2D eigenvalue weighted by atomic mass is 9.94. The summed E-state index contributed by atoms with van der Waals surface area (Å²) >= 11 is 0. The van der Waals surface area contributed by atoms with E-state index in [-0.39, 0.29) is 17.6 Å². The second-order valence-corrected chi connectivity index (χ2v) is 7.14. The van der Waals surface area contributed by atoms with E-state index in [1.807, 2.05) is 36.4 Å². The molecule has 28 heavy (non-hydrogen) atoms. The zero-order valence-electron chi connectivity index (χ0n) is 16.7. The fraction of sp³-hybridized carbons (Fsp3) is 0.391. The number of ketones is 2. The van der Waals surface area contributed by atoms with Crippen molar-refractivity contribution in [2.24, 2.45) is 0 Å². The lowest BCUT2D eigenvalue weighted by Gasteiger charge is -2.27. The topological polar surface area (TPSA) is 55.8 Å². The van der Waals surface area contributed by atoms with E-state index in [1.165, 1.54) is 0 Å². The molecule has 1 fully saturated rings. The van der Waals surface area contributed by atoms with Crippen LogP contribution in [0.25, 0.3) is 0 Å². The molecule has 148 valence electrons. The van der Waals surface area contributed by atoms with E-state index in [9.17, 15) is 9.59 Å². The van der Waals surface area contributed by atoms with Crippen molar-refractivity contribution in [1.29, 1.82) is 0 Å². The first-order valence-electron chi connectivity index (χ1n) is 9.63. The minimum absolute atomic E-state index is 0.00288. The Kier molecular flexibility index (Phi) is 6.47. The SMILES string of the molecule is COc1ccc(C(=O)[C@H](Cc2cc(C(C)=O)ccc2OC)N2CCCC2)cc1. The van der Waals surface area contributed by atoms with Gasteiger partial charge in [-0.3, -0.25) is 14.5 Å². The number of carbonyl (C=O) groups excluding carboxylic acids is 2. The minimum Gasteiger partial charge on any atom is -0.497 e. The predicted molar refractivity (Wildman–Crippen MR) is 109 cm³/mol. The van der Waals surface area contributed by atoms with Gasteiger partial charge in [0.15, 0.2) is 11.6 Å². The van der Waals surface area contributed by atoms with Crippen LogP contribution in [0.5, 0.6) is 11.5 Å². The van der Waals surface area contributed by atoms with E-state index in [0.717, 1.165) is 37.2 Å². The molecule has 0 aromatic heterocycles. The summed E-state index contributed by atoms with van der Waals surface area (Å²) in [5.74, 6) is 1.52. The average Bonchev–Trinajstić information content (AvgIpc) is 3.25. The number of methoxy groups -OCH3 is 2. The number of nitrogens with zero attached hydrogens (tertiary/aromatic N) is 1. The summed E-state index contributed by atoms with van der Waals surface area (Å²) in [6, 6.07) is 12.4. The third kappa shape index (κ3) is 4.42. The largest absolute Gasteiger partial charge is 0.497 e. The van der Waals surface area contributed by atoms with E-state index in [4.69, 9.17) is 9.47 Å². The van der Waals surface area contributed by atoms with E-state index in [2.05, 4.69) is 4.90 Å². The van der Waals surface area contributed by atoms with Crippen molar-refractivity contribution >= 4 is 11.6 Å². The summed E-state index contributed by atoms with van der Waals surface area (Å²) < 4.78 is 10.7. The molecule has 1 aliphatic rings. The normalized spacial score (nSPS) is 15.2. The molecule has 0 saturated carbocycles. The molecule has 2 aromatic carbocycles. The number of Topliss-reactive ketones (excluding diaryl/α,β-unsaturated/α-hetero) is 2. The first kappa shape index (κ1) is 20.1. The molecule has 0 radical (unpaired) electrons. The molecule has 0 N–H and O–H groups in total. The molecule has 0 unspecified atom stereocenters. The Balaban J connectivity index is 1.93. The molecule has 5 nitrogen and oxygen atoms in total. The maximum absolute atomic E-state index is 13.4. The molecule has 0 spiro atoms. The monoisotopic (exact) mass is 381 g/mol. The number of likely N-dealkylation sites (tertiary alicyclic amines) is 1. The Morgan fingerprint density at radius 1 is 0.964 bits per heavy atom. The number of hydrogen-bond acceptors (Lipinski definition) is 5. The van der Waals surface area contributed by atoms with Gasteiger partial charge in [-0.1, -0.05) is 0 Å². The van der Waals surface area contributed by atoms with Crippen molar-refractivity contribution in [2.45, 2.75) is 32.2 Å². The third-order valence-corrected chi connectivity index (χ3v) is 5.36. The van der Waals surface area contributed by atoms with Crippen LogP contribution in [0.2, 0.25) is 0 Å². The van der Waals surface area contributed by atoms with Crippen molar-refractivity contribution in [3.05, 3.63) is 59.2 Å². The quantitative estimate of drug-likeness (QED) is 0.651. The number of ether oxygens (including phenoxy) is 2. The van der Waals surface area contributed by atoms with Crippen molar-refractivity contribution < 1.29 is 19.1 Å². The smallest absolute Gasteiger partial charge is 0.180 e. The van der Waals surface area contributed by atoms with Gasteiger partial charge in [-0.15, -0.1) is 0 Å². The summed E-state index contributed by atoms with van der Waals surface area (Å²) in [7, 11) is 3.22. The first-order valence-corrected chi connectivity index (χ1v) is 9.63. The Bertz CT molecular complexity index is 838. The summed E-state index contributed by atoms with van der Waals surface area (Å²) in [6.07, 6.45) is 2.70. The molecule has 2 aromatic rings. The van der Waals surface area contributed by atoms with Gasteiger partial charge in [0.2, 0.25) is 0 Å². The standard InChI is InChI=1S/C23H27NO4/c1-16(25)18-8-11-22(28-3)19(14-18)15-21(24-12-4-5-13-24)23(26)17-6-9-20(27-2)10-7-17/h6-11,14,21H,4-5,12-13,15H2,1-3H3/t21-/m0/s1. The highest BCUT2D eigenvalue weighted by molar-refractivity contribution is 6.00. The van der Waals surface area contributed by atoms with Crippen LogP contribution in [0.15, 0.2) is 42.5 Å². The van der Waals surface area contributed by atoms with Gasteiger partial charge in [-0.25, -0.2) is 0 Å². The van der Waals surface area contributed by atoms with Crippen molar-refractivity contribution in [2.75, 3.05) is 27.3 Å². The van der Waals surface area contributed by atoms with Gasteiger partial charge in [0.05, 0.1) is 20.3 Å². The van der Waals surface area contributed by atoms with E-state index < -0.39 is 0 Å². The fourth-order valence-corrected chi connectivity index (χ4v) is 3.75. The molecule has 1 heterocycles. The van der Waals surface area contributed by atoms with Gasteiger partial charge in [-0.05, 0) is 87.3 Å². The van der Waals surface area contributed by atoms with Crippen LogP contribution in [-0.2, 0) is 6.42 Å². The van der Waals surface area contributed by atoms with Gasteiger partial charge in [-0.2, -0.15) is 0 Å². The maximum Gasteiger partial charge on any atom is 0.180 e. The Labute approximate surface area is 166 Å². The third-order valence-electron chi connectivity index (χ3n) is 5.36. The highest BCUT2D eigenvalue weighted by atomic mass is 16.5. The number of rotatable bonds is 8. The van der Waals surface area contributed by atoms with Crippen LogP contribution in [0.3, 0.4) is 0 Å².